The van der Waals surface area contributed by atoms with Gasteiger partial charge in [0.05, 0.1) is 0 Å². The second-order valence-corrected chi connectivity index (χ2v) is 5.34. The first-order valence-corrected chi connectivity index (χ1v) is 5.30. The maximum Gasteiger partial charge on any atom is -0.0266 e. The molecule has 0 nitrogen and oxygen atoms in total. The number of hydrogen-bond donors (Lipinski definition) is 0. The molecule has 0 amide bonds. The van der Waals surface area contributed by atoms with Gasteiger partial charge in [-0.05, 0) is 61.7 Å². The Morgan fingerprint density at radius 3 is 2.64 bits per heavy atom. The average Bonchev–Trinajstić information content (AvgIpc) is 2.57. The lowest BCUT2D eigenvalue weighted by Crippen LogP contribution is -2.09. The van der Waals surface area contributed by atoms with Gasteiger partial charge < -0.3 is 0 Å². The molecule has 11 heavy (non-hydrogen) atoms. The number of rotatable bonds is 0. The minimum absolute atomic E-state index is 0.926. The van der Waals surface area contributed by atoms with Crippen molar-refractivity contribution >= 4 is 0 Å². The molecule has 62 valence electrons. The predicted octanol–water partition coefficient (Wildman–Crippen LogP) is 3.22. The van der Waals surface area contributed by atoms with Gasteiger partial charge in [0.2, 0.25) is 0 Å². The quantitative estimate of drug-likeness (QED) is 0.497. The summed E-state index contributed by atoms with van der Waals surface area (Å²) in [5.41, 5.74) is 0.926. The van der Waals surface area contributed by atoms with Crippen molar-refractivity contribution in [2.45, 2.75) is 45.4 Å². The van der Waals surface area contributed by atoms with E-state index in [9.17, 15) is 0 Å². The van der Waals surface area contributed by atoms with Gasteiger partial charge in [-0.25, -0.2) is 0 Å². The third-order valence-corrected chi connectivity index (χ3v) is 4.62. The molecule has 3 fully saturated rings. The lowest BCUT2D eigenvalue weighted by atomic mass is 9.89. The molecule has 3 rings (SSSR count). The maximum absolute atomic E-state index is 2.45. The van der Waals surface area contributed by atoms with Crippen LogP contribution in [0.25, 0.3) is 0 Å². The second kappa shape index (κ2) is 1.84. The van der Waals surface area contributed by atoms with E-state index in [1.54, 1.807) is 38.5 Å². The molecule has 0 heteroatoms. The zero-order chi connectivity index (χ0) is 7.47. The molecule has 3 aliphatic rings. The molecule has 3 saturated carbocycles. The Kier molecular flexibility index (Phi) is 1.09. The highest BCUT2D eigenvalue weighted by Crippen LogP contribution is 2.68. The van der Waals surface area contributed by atoms with Crippen LogP contribution >= 0.6 is 0 Å². The van der Waals surface area contributed by atoms with Crippen molar-refractivity contribution in [2.24, 2.45) is 23.2 Å². The molecule has 2 unspecified atom stereocenters. The summed E-state index contributed by atoms with van der Waals surface area (Å²) in [6.07, 6.45) is 9.48. The van der Waals surface area contributed by atoms with Crippen LogP contribution in [0.15, 0.2) is 0 Å². The van der Waals surface area contributed by atoms with Crippen LogP contribution < -0.4 is 0 Å². The van der Waals surface area contributed by atoms with Crippen molar-refractivity contribution < 1.29 is 0 Å². The molecule has 0 aromatic rings. The topological polar surface area (TPSA) is 0 Å². The summed E-state index contributed by atoms with van der Waals surface area (Å²) in [5.74, 6) is 3.40. The van der Waals surface area contributed by atoms with Crippen molar-refractivity contribution in [3.05, 3.63) is 0 Å². The van der Waals surface area contributed by atoms with E-state index in [-0.39, 0.29) is 0 Å². The lowest BCUT2D eigenvalue weighted by Gasteiger charge is -2.16. The summed E-state index contributed by atoms with van der Waals surface area (Å²) in [5, 5.41) is 0. The van der Waals surface area contributed by atoms with Crippen LogP contribution in [-0.2, 0) is 0 Å². The SMILES string of the molecule is C[C@@H]1CC2CCC3(CC3)C2C1. The highest BCUT2D eigenvalue weighted by Gasteiger charge is 2.57. The summed E-state index contributed by atoms with van der Waals surface area (Å²) < 4.78 is 0. The zero-order valence-electron chi connectivity index (χ0n) is 7.47. The van der Waals surface area contributed by atoms with Crippen LogP contribution in [0.1, 0.15) is 45.4 Å². The molecule has 3 atom stereocenters. The fourth-order valence-corrected chi connectivity index (χ4v) is 3.91. The van der Waals surface area contributed by atoms with Gasteiger partial charge in [-0.2, -0.15) is 0 Å². The van der Waals surface area contributed by atoms with Crippen molar-refractivity contribution in [3.8, 4) is 0 Å². The van der Waals surface area contributed by atoms with Crippen LogP contribution in [0, 0.1) is 23.2 Å². The molecular weight excluding hydrogens is 132 g/mol. The van der Waals surface area contributed by atoms with E-state index in [0.717, 1.165) is 17.3 Å². The average molecular weight is 150 g/mol. The van der Waals surface area contributed by atoms with Gasteiger partial charge >= 0.3 is 0 Å². The van der Waals surface area contributed by atoms with E-state index in [0.29, 0.717) is 0 Å². The monoisotopic (exact) mass is 150 g/mol. The molecule has 0 radical (unpaired) electrons. The lowest BCUT2D eigenvalue weighted by molar-refractivity contribution is 0.326. The minimum Gasteiger partial charge on any atom is -0.0625 e. The summed E-state index contributed by atoms with van der Waals surface area (Å²) in [6, 6.07) is 0. The Morgan fingerprint density at radius 2 is 1.91 bits per heavy atom. The van der Waals surface area contributed by atoms with Gasteiger partial charge in [0, 0.05) is 0 Å². The minimum atomic E-state index is 0.926. The smallest absolute Gasteiger partial charge is 0.0266 e. The molecule has 0 aliphatic heterocycles. The summed E-state index contributed by atoms with van der Waals surface area (Å²) in [7, 11) is 0. The van der Waals surface area contributed by atoms with E-state index in [1.165, 1.54) is 5.92 Å². The Hall–Kier alpha value is 0. The van der Waals surface area contributed by atoms with Crippen LogP contribution in [0.3, 0.4) is 0 Å². The van der Waals surface area contributed by atoms with E-state index in [1.807, 2.05) is 0 Å². The Morgan fingerprint density at radius 1 is 1.09 bits per heavy atom. The van der Waals surface area contributed by atoms with Crippen LogP contribution in [-0.4, -0.2) is 0 Å². The molecule has 0 bridgehead atoms. The first-order chi connectivity index (χ1) is 5.30. The molecule has 3 aliphatic carbocycles. The fourth-order valence-electron chi connectivity index (χ4n) is 3.91. The summed E-state index contributed by atoms with van der Waals surface area (Å²) >= 11 is 0. The zero-order valence-corrected chi connectivity index (χ0v) is 7.47. The highest BCUT2D eigenvalue weighted by atomic mass is 14.6. The molecular formula is C11H18. The first-order valence-electron chi connectivity index (χ1n) is 5.30. The van der Waals surface area contributed by atoms with Gasteiger partial charge in [0.25, 0.3) is 0 Å². The van der Waals surface area contributed by atoms with Gasteiger partial charge in [0.15, 0.2) is 0 Å². The van der Waals surface area contributed by atoms with Gasteiger partial charge in [-0.3, -0.25) is 0 Å². The van der Waals surface area contributed by atoms with Crippen LogP contribution in [0.4, 0.5) is 0 Å². The largest absolute Gasteiger partial charge is 0.0625 e. The number of hydrogen-bond acceptors (Lipinski definition) is 0. The molecule has 0 heterocycles. The summed E-state index contributed by atoms with van der Waals surface area (Å²) in [4.78, 5) is 0. The Balaban J connectivity index is 1.85. The third kappa shape index (κ3) is 0.761. The summed E-state index contributed by atoms with van der Waals surface area (Å²) in [6.45, 7) is 2.45. The van der Waals surface area contributed by atoms with Crippen LogP contribution in [0.5, 0.6) is 0 Å². The third-order valence-electron chi connectivity index (χ3n) is 4.62. The normalized spacial score (nSPS) is 51.5. The van der Waals surface area contributed by atoms with E-state index in [4.69, 9.17) is 0 Å². The highest BCUT2D eigenvalue weighted by molar-refractivity contribution is 5.07. The van der Waals surface area contributed by atoms with Gasteiger partial charge in [0.1, 0.15) is 0 Å². The van der Waals surface area contributed by atoms with Crippen molar-refractivity contribution in [3.63, 3.8) is 0 Å². The molecule has 0 saturated heterocycles. The van der Waals surface area contributed by atoms with E-state index >= 15 is 0 Å². The Labute approximate surface area is 69.4 Å². The van der Waals surface area contributed by atoms with E-state index in [2.05, 4.69) is 6.92 Å². The van der Waals surface area contributed by atoms with E-state index < -0.39 is 0 Å². The predicted molar refractivity (Wildman–Crippen MR) is 46.3 cm³/mol. The van der Waals surface area contributed by atoms with Gasteiger partial charge in [-0.1, -0.05) is 6.92 Å². The van der Waals surface area contributed by atoms with Crippen molar-refractivity contribution in [2.75, 3.05) is 0 Å². The second-order valence-electron chi connectivity index (χ2n) is 5.34. The van der Waals surface area contributed by atoms with Crippen LogP contribution in [0.2, 0.25) is 0 Å². The fraction of sp³-hybridized carbons (Fsp3) is 1.00. The molecule has 0 aromatic carbocycles. The standard InChI is InChI=1S/C11H18/c1-8-6-9-2-3-11(4-5-11)10(9)7-8/h8-10H,2-7H2,1H3/t8-,9?,10?/m1/s1. The van der Waals surface area contributed by atoms with Gasteiger partial charge in [-0.15, -0.1) is 0 Å². The van der Waals surface area contributed by atoms with Crippen molar-refractivity contribution in [1.82, 2.24) is 0 Å². The molecule has 1 spiro atoms. The molecule has 0 aromatic heterocycles. The first kappa shape index (κ1) is 6.51. The number of fused-ring (bicyclic) bond motifs is 2. The molecule has 0 N–H and O–H groups in total. The van der Waals surface area contributed by atoms with Crippen molar-refractivity contribution in [1.29, 1.82) is 0 Å². The Bertz CT molecular complexity index is 178. The maximum atomic E-state index is 2.45.